The number of hydrogen-bond acceptors (Lipinski definition) is 8. The first kappa shape index (κ1) is 27.9. The molecule has 1 heterocycles. The van der Waals surface area contributed by atoms with Crippen molar-refractivity contribution in [1.29, 1.82) is 0 Å². The van der Waals surface area contributed by atoms with E-state index in [2.05, 4.69) is 0 Å². The van der Waals surface area contributed by atoms with Crippen LogP contribution >= 0.6 is 0 Å². The van der Waals surface area contributed by atoms with Crippen molar-refractivity contribution in [3.8, 4) is 0 Å². The lowest BCUT2D eigenvalue weighted by Gasteiger charge is -2.50. The van der Waals surface area contributed by atoms with Gasteiger partial charge in [0.25, 0.3) is 0 Å². The fourth-order valence-corrected chi connectivity index (χ4v) is 5.83. The standard InChI is InChI=1S/C28H40O8/c1-7-15(2)28(32)36-24-13-16(3)27(34-19(6)30)22-14-23(33-18(5)29)17(4)21(26(22)24)12-11-20-9-8-10-25(31)35-20/h8,10,14-17,20-21,23-24,26-27H,7,9,11-13H2,1-6H3/t15-,16+,17+,20-,21-,23+,24-,26+,27-/m0/s1. The zero-order chi connectivity index (χ0) is 26.6. The molecule has 3 rings (SSSR count). The minimum absolute atomic E-state index is 0.0424. The Kier molecular flexibility index (Phi) is 9.36. The first-order valence-electron chi connectivity index (χ1n) is 13.1. The Hall–Kier alpha value is -2.64. The molecule has 8 heteroatoms. The van der Waals surface area contributed by atoms with Crippen LogP contribution in [0.2, 0.25) is 0 Å². The second kappa shape index (κ2) is 12.1. The van der Waals surface area contributed by atoms with Crippen molar-refractivity contribution >= 4 is 23.9 Å². The van der Waals surface area contributed by atoms with Crippen molar-refractivity contribution < 1.29 is 38.1 Å². The highest BCUT2D eigenvalue weighted by atomic mass is 16.6. The molecule has 1 aliphatic heterocycles. The average molecular weight is 505 g/mol. The minimum atomic E-state index is -0.498. The van der Waals surface area contributed by atoms with Gasteiger partial charge in [0.1, 0.15) is 24.4 Å². The third-order valence-corrected chi connectivity index (χ3v) is 7.88. The monoisotopic (exact) mass is 504 g/mol. The van der Waals surface area contributed by atoms with E-state index in [0.717, 1.165) is 5.57 Å². The van der Waals surface area contributed by atoms with E-state index in [-0.39, 0.29) is 65.7 Å². The predicted molar refractivity (Wildman–Crippen MR) is 131 cm³/mol. The van der Waals surface area contributed by atoms with E-state index >= 15 is 0 Å². The predicted octanol–water partition coefficient (Wildman–Crippen LogP) is 4.31. The van der Waals surface area contributed by atoms with E-state index in [0.29, 0.717) is 32.1 Å². The maximum Gasteiger partial charge on any atom is 0.330 e. The summed E-state index contributed by atoms with van der Waals surface area (Å²) in [5, 5.41) is 0. The van der Waals surface area contributed by atoms with Gasteiger partial charge in [-0.25, -0.2) is 4.79 Å². The molecule has 1 fully saturated rings. The molecule has 0 spiro atoms. The lowest BCUT2D eigenvalue weighted by Crippen LogP contribution is -2.52. The van der Waals surface area contributed by atoms with E-state index < -0.39 is 12.2 Å². The van der Waals surface area contributed by atoms with Crippen molar-refractivity contribution in [1.82, 2.24) is 0 Å². The Labute approximate surface area is 213 Å². The number of ether oxygens (including phenoxy) is 4. The molecule has 3 aliphatic rings. The molecule has 2 aliphatic carbocycles. The summed E-state index contributed by atoms with van der Waals surface area (Å²) in [5.41, 5.74) is 0.848. The summed E-state index contributed by atoms with van der Waals surface area (Å²) >= 11 is 0. The van der Waals surface area contributed by atoms with Gasteiger partial charge >= 0.3 is 23.9 Å². The minimum Gasteiger partial charge on any atom is -0.461 e. The van der Waals surface area contributed by atoms with Gasteiger partial charge in [-0.2, -0.15) is 0 Å². The number of rotatable bonds is 8. The normalized spacial score (nSPS) is 34.5. The maximum absolute atomic E-state index is 12.9. The van der Waals surface area contributed by atoms with Gasteiger partial charge in [-0.15, -0.1) is 0 Å². The lowest BCUT2D eigenvalue weighted by atomic mass is 9.60. The zero-order valence-electron chi connectivity index (χ0n) is 22.2. The fourth-order valence-electron chi connectivity index (χ4n) is 5.83. The van der Waals surface area contributed by atoms with Crippen LogP contribution in [-0.4, -0.2) is 48.3 Å². The number of fused-ring (bicyclic) bond motifs is 1. The fraction of sp³-hybridized carbons (Fsp3) is 0.714. The average Bonchev–Trinajstić information content (AvgIpc) is 2.80. The van der Waals surface area contributed by atoms with Crippen molar-refractivity contribution in [2.45, 2.75) is 98.1 Å². The third-order valence-electron chi connectivity index (χ3n) is 7.88. The first-order valence-corrected chi connectivity index (χ1v) is 13.1. The summed E-state index contributed by atoms with van der Waals surface area (Å²) < 4.78 is 23.1. The van der Waals surface area contributed by atoms with Gasteiger partial charge < -0.3 is 18.9 Å². The Balaban J connectivity index is 1.98. The molecule has 1 saturated carbocycles. The molecule has 0 saturated heterocycles. The van der Waals surface area contributed by atoms with Crippen molar-refractivity contribution in [2.24, 2.45) is 29.6 Å². The molecule has 0 bridgehead atoms. The van der Waals surface area contributed by atoms with Gasteiger partial charge in [-0.05, 0) is 43.3 Å². The Morgan fingerprint density at radius 2 is 1.78 bits per heavy atom. The molecule has 200 valence electrons. The van der Waals surface area contributed by atoms with Crippen LogP contribution in [-0.2, 0) is 38.1 Å². The molecule has 0 N–H and O–H groups in total. The first-order chi connectivity index (χ1) is 17.0. The molecule has 0 unspecified atom stereocenters. The van der Waals surface area contributed by atoms with Gasteiger partial charge in [-0.3, -0.25) is 14.4 Å². The number of carbonyl (C=O) groups is 4. The summed E-state index contributed by atoms with van der Waals surface area (Å²) in [5.74, 6) is -1.98. The van der Waals surface area contributed by atoms with Gasteiger partial charge in [0, 0.05) is 44.1 Å². The molecule has 0 aromatic rings. The highest BCUT2D eigenvalue weighted by Gasteiger charge is 2.51. The van der Waals surface area contributed by atoms with Crippen LogP contribution in [0.4, 0.5) is 0 Å². The summed E-state index contributed by atoms with van der Waals surface area (Å²) in [4.78, 5) is 48.6. The van der Waals surface area contributed by atoms with Gasteiger partial charge in [0.15, 0.2) is 0 Å². The van der Waals surface area contributed by atoms with Crippen LogP contribution in [0.15, 0.2) is 23.8 Å². The van der Waals surface area contributed by atoms with Gasteiger partial charge in [-0.1, -0.05) is 33.8 Å². The maximum atomic E-state index is 12.9. The van der Waals surface area contributed by atoms with Crippen molar-refractivity contribution in [2.75, 3.05) is 0 Å². The van der Waals surface area contributed by atoms with E-state index in [1.807, 2.05) is 39.8 Å². The summed E-state index contributed by atoms with van der Waals surface area (Å²) in [7, 11) is 0. The van der Waals surface area contributed by atoms with Gasteiger partial charge in [0.2, 0.25) is 0 Å². The highest BCUT2D eigenvalue weighted by molar-refractivity contribution is 5.82. The quantitative estimate of drug-likeness (QED) is 0.274. The second-order valence-corrected chi connectivity index (χ2v) is 10.6. The molecular formula is C28H40O8. The molecule has 0 radical (unpaired) electrons. The Bertz CT molecular complexity index is 905. The lowest BCUT2D eigenvalue weighted by molar-refractivity contribution is -0.168. The second-order valence-electron chi connectivity index (χ2n) is 10.6. The smallest absolute Gasteiger partial charge is 0.330 e. The SMILES string of the molecule is CC[C@H](C)C(=O)O[C@H]1C[C@@H](C)[C@H](OC(C)=O)C2=C[C@@H](OC(C)=O)[C@H](C)[C@H](CC[C@@H]3CC=CC(=O)O3)[C@H]21. The van der Waals surface area contributed by atoms with Crippen LogP contribution in [0.5, 0.6) is 0 Å². The summed E-state index contributed by atoms with van der Waals surface area (Å²) in [6, 6.07) is 0. The van der Waals surface area contributed by atoms with Gasteiger partial charge in [0.05, 0.1) is 5.92 Å². The molecule has 8 nitrogen and oxygen atoms in total. The van der Waals surface area contributed by atoms with E-state index in [9.17, 15) is 19.2 Å². The summed E-state index contributed by atoms with van der Waals surface area (Å²) in [6.45, 7) is 10.6. The van der Waals surface area contributed by atoms with E-state index in [1.165, 1.54) is 19.9 Å². The number of esters is 4. The highest BCUT2D eigenvalue weighted by Crippen LogP contribution is 2.49. The molecule has 36 heavy (non-hydrogen) atoms. The van der Waals surface area contributed by atoms with Crippen LogP contribution in [0.1, 0.15) is 73.6 Å². The van der Waals surface area contributed by atoms with E-state index in [4.69, 9.17) is 18.9 Å². The number of cyclic esters (lactones) is 1. The Morgan fingerprint density at radius 1 is 1.08 bits per heavy atom. The topological polar surface area (TPSA) is 105 Å². The van der Waals surface area contributed by atoms with Crippen LogP contribution in [0.25, 0.3) is 0 Å². The third kappa shape index (κ3) is 6.56. The number of carbonyl (C=O) groups excluding carboxylic acids is 4. The Morgan fingerprint density at radius 3 is 2.39 bits per heavy atom. The molecular weight excluding hydrogens is 464 g/mol. The number of hydrogen-bond donors (Lipinski definition) is 0. The summed E-state index contributed by atoms with van der Waals surface area (Å²) in [6.07, 6.45) is 6.74. The molecule has 0 aromatic carbocycles. The molecule has 9 atom stereocenters. The van der Waals surface area contributed by atoms with Crippen LogP contribution in [0.3, 0.4) is 0 Å². The van der Waals surface area contributed by atoms with E-state index in [1.54, 1.807) is 0 Å². The largest absolute Gasteiger partial charge is 0.461 e. The zero-order valence-corrected chi connectivity index (χ0v) is 22.2. The van der Waals surface area contributed by atoms with Crippen LogP contribution < -0.4 is 0 Å². The van der Waals surface area contributed by atoms with Crippen LogP contribution in [0, 0.1) is 29.6 Å². The molecule has 0 amide bonds. The van der Waals surface area contributed by atoms with Crippen molar-refractivity contribution in [3.63, 3.8) is 0 Å². The van der Waals surface area contributed by atoms with Crippen molar-refractivity contribution in [3.05, 3.63) is 23.8 Å². The molecule has 0 aromatic heterocycles.